The number of ether oxygens (including phenoxy) is 2. The fraction of sp³-hybridized carbons (Fsp3) is 0.875. The van der Waals surface area contributed by atoms with E-state index >= 15 is 0 Å². The summed E-state index contributed by atoms with van der Waals surface area (Å²) in [4.78, 5) is 21.0. The summed E-state index contributed by atoms with van der Waals surface area (Å²) in [5, 5.41) is 2.89. The van der Waals surface area contributed by atoms with Gasteiger partial charge >= 0.3 is 0 Å². The van der Waals surface area contributed by atoms with Gasteiger partial charge in [-0.1, -0.05) is 5.18 Å². The minimum atomic E-state index is -0.580. The molecule has 1 fully saturated rings. The van der Waals surface area contributed by atoms with Crippen LogP contribution in [0.3, 0.4) is 0 Å². The van der Waals surface area contributed by atoms with Gasteiger partial charge in [-0.2, -0.15) is 4.91 Å². The maximum Gasteiger partial charge on any atom is 0.158 e. The van der Waals surface area contributed by atoms with Gasteiger partial charge in [0.25, 0.3) is 0 Å². The van der Waals surface area contributed by atoms with Crippen molar-refractivity contribution in [3.63, 3.8) is 0 Å². The highest BCUT2D eigenvalue weighted by Gasteiger charge is 2.37. The van der Waals surface area contributed by atoms with Gasteiger partial charge in [-0.3, -0.25) is 0 Å². The highest BCUT2D eigenvalue weighted by Crippen LogP contribution is 2.26. The van der Waals surface area contributed by atoms with Gasteiger partial charge in [-0.15, -0.1) is 0 Å². The van der Waals surface area contributed by atoms with Crippen molar-refractivity contribution >= 4 is 6.29 Å². The Morgan fingerprint density at radius 3 is 2.77 bits per heavy atom. The molecule has 1 heterocycles. The second-order valence-electron chi connectivity index (χ2n) is 3.14. The van der Waals surface area contributed by atoms with Crippen LogP contribution in [0.2, 0.25) is 0 Å². The molecule has 1 rings (SSSR count). The highest BCUT2D eigenvalue weighted by atomic mass is 16.7. The van der Waals surface area contributed by atoms with Crippen molar-refractivity contribution in [2.75, 3.05) is 7.11 Å². The van der Waals surface area contributed by atoms with Gasteiger partial charge in [-0.25, -0.2) is 0 Å². The molecule has 0 aromatic carbocycles. The first kappa shape index (κ1) is 10.3. The van der Waals surface area contributed by atoms with E-state index in [4.69, 9.17) is 9.47 Å². The smallest absolute Gasteiger partial charge is 0.158 e. The molecule has 0 saturated carbocycles. The Hall–Kier alpha value is -0.810. The number of nitrogens with zero attached hydrogens (tertiary/aromatic N) is 1. The molecular weight excluding hydrogens is 174 g/mol. The van der Waals surface area contributed by atoms with E-state index < -0.39 is 12.3 Å². The Kier molecular flexibility index (Phi) is 3.50. The summed E-state index contributed by atoms with van der Waals surface area (Å²) in [6, 6.07) is -0.580. The average Bonchev–Trinajstić information content (AvgIpc) is 2.16. The van der Waals surface area contributed by atoms with E-state index in [1.54, 1.807) is 6.92 Å². The molecule has 1 aliphatic heterocycles. The number of nitroso groups, excluding NO2 is 1. The van der Waals surface area contributed by atoms with E-state index in [0.29, 0.717) is 6.42 Å². The van der Waals surface area contributed by atoms with E-state index in [1.165, 1.54) is 7.11 Å². The third-order valence-electron chi connectivity index (χ3n) is 2.31. The molecule has 4 unspecified atom stereocenters. The molecule has 0 aliphatic carbocycles. The highest BCUT2D eigenvalue weighted by molar-refractivity contribution is 5.55. The number of rotatable bonds is 3. The number of carbonyl (C=O) groups is 1. The molecule has 0 bridgehead atoms. The van der Waals surface area contributed by atoms with Crippen LogP contribution in [-0.2, 0) is 14.3 Å². The van der Waals surface area contributed by atoms with E-state index in [9.17, 15) is 9.70 Å². The Bertz CT molecular complexity index is 197. The molecular formula is C8H13NO4. The molecule has 74 valence electrons. The molecule has 1 saturated heterocycles. The normalized spacial score (nSPS) is 39.8. The molecule has 0 spiro atoms. The lowest BCUT2D eigenvalue weighted by molar-refractivity contribution is -0.192. The maximum absolute atomic E-state index is 10.6. The summed E-state index contributed by atoms with van der Waals surface area (Å²) in [6.45, 7) is 1.72. The fourth-order valence-electron chi connectivity index (χ4n) is 1.54. The largest absolute Gasteiger partial charge is 0.356 e. The molecule has 0 N–H and O–H groups in total. The summed E-state index contributed by atoms with van der Waals surface area (Å²) in [5.74, 6) is -0.383. The zero-order valence-corrected chi connectivity index (χ0v) is 7.67. The van der Waals surface area contributed by atoms with Crippen molar-refractivity contribution in [1.82, 2.24) is 0 Å². The summed E-state index contributed by atoms with van der Waals surface area (Å²) < 4.78 is 10.3. The Balaban J connectivity index is 2.67. The predicted molar refractivity (Wildman–Crippen MR) is 45.1 cm³/mol. The Morgan fingerprint density at radius 1 is 1.62 bits per heavy atom. The minimum Gasteiger partial charge on any atom is -0.356 e. The standard InChI is InChI=1S/C8H13NO4/c1-5-8(9-11)6(4-10)3-7(12-2)13-5/h4-8H,3H2,1-2H3. The van der Waals surface area contributed by atoms with Crippen LogP contribution in [0.1, 0.15) is 13.3 Å². The number of methoxy groups -OCH3 is 1. The second-order valence-corrected chi connectivity index (χ2v) is 3.14. The van der Waals surface area contributed by atoms with Crippen molar-refractivity contribution in [1.29, 1.82) is 0 Å². The molecule has 5 nitrogen and oxygen atoms in total. The first-order valence-corrected chi connectivity index (χ1v) is 4.19. The summed E-state index contributed by atoms with van der Waals surface area (Å²) >= 11 is 0. The monoisotopic (exact) mass is 187 g/mol. The molecule has 1 aliphatic rings. The molecule has 0 amide bonds. The van der Waals surface area contributed by atoms with Crippen molar-refractivity contribution in [3.8, 4) is 0 Å². The summed E-state index contributed by atoms with van der Waals surface area (Å²) in [6.07, 6.45) is 0.396. The third kappa shape index (κ3) is 2.10. The van der Waals surface area contributed by atoms with Crippen LogP contribution >= 0.6 is 0 Å². The van der Waals surface area contributed by atoms with Crippen LogP contribution in [0.4, 0.5) is 0 Å². The van der Waals surface area contributed by atoms with E-state index in [2.05, 4.69) is 5.18 Å². The molecule has 0 radical (unpaired) electrons. The van der Waals surface area contributed by atoms with E-state index in [-0.39, 0.29) is 12.0 Å². The number of hydrogen-bond acceptors (Lipinski definition) is 5. The maximum atomic E-state index is 10.6. The van der Waals surface area contributed by atoms with Gasteiger partial charge in [0.15, 0.2) is 6.29 Å². The van der Waals surface area contributed by atoms with Gasteiger partial charge in [0.05, 0.1) is 6.10 Å². The van der Waals surface area contributed by atoms with Gasteiger partial charge in [0.2, 0.25) is 0 Å². The number of carbonyl (C=O) groups excluding carboxylic acids is 1. The Morgan fingerprint density at radius 2 is 2.31 bits per heavy atom. The Labute approximate surface area is 76.4 Å². The fourth-order valence-corrected chi connectivity index (χ4v) is 1.54. The molecule has 0 aromatic rings. The van der Waals surface area contributed by atoms with Crippen LogP contribution < -0.4 is 0 Å². The van der Waals surface area contributed by atoms with Crippen LogP contribution in [0.25, 0.3) is 0 Å². The molecule has 4 atom stereocenters. The van der Waals surface area contributed by atoms with Crippen molar-refractivity contribution < 1.29 is 14.3 Å². The van der Waals surface area contributed by atoms with Crippen molar-refractivity contribution in [2.24, 2.45) is 11.1 Å². The van der Waals surface area contributed by atoms with Gasteiger partial charge in [0.1, 0.15) is 12.3 Å². The van der Waals surface area contributed by atoms with Crippen LogP contribution in [-0.4, -0.2) is 31.8 Å². The summed E-state index contributed by atoms with van der Waals surface area (Å²) in [5.41, 5.74) is 0. The zero-order chi connectivity index (χ0) is 9.84. The van der Waals surface area contributed by atoms with Crippen molar-refractivity contribution in [3.05, 3.63) is 4.91 Å². The lowest BCUT2D eigenvalue weighted by atomic mass is 9.91. The topological polar surface area (TPSA) is 65.0 Å². The third-order valence-corrected chi connectivity index (χ3v) is 2.31. The summed E-state index contributed by atoms with van der Waals surface area (Å²) in [7, 11) is 1.51. The quantitative estimate of drug-likeness (QED) is 0.482. The number of aldehydes is 1. The van der Waals surface area contributed by atoms with Gasteiger partial charge < -0.3 is 14.3 Å². The van der Waals surface area contributed by atoms with Crippen molar-refractivity contribution in [2.45, 2.75) is 31.8 Å². The lowest BCUT2D eigenvalue weighted by Gasteiger charge is -2.33. The second kappa shape index (κ2) is 4.43. The van der Waals surface area contributed by atoms with Crippen LogP contribution in [0, 0.1) is 10.8 Å². The molecule has 5 heteroatoms. The average molecular weight is 187 g/mol. The van der Waals surface area contributed by atoms with Gasteiger partial charge in [0, 0.05) is 19.4 Å². The predicted octanol–water partition coefficient (Wildman–Crippen LogP) is 0.718. The number of hydrogen-bond donors (Lipinski definition) is 0. The zero-order valence-electron chi connectivity index (χ0n) is 7.67. The van der Waals surface area contributed by atoms with Gasteiger partial charge in [-0.05, 0) is 6.92 Å². The SMILES string of the molecule is COC1CC(C=O)C(N=O)C(C)O1. The van der Waals surface area contributed by atoms with E-state index in [0.717, 1.165) is 6.29 Å². The molecule has 13 heavy (non-hydrogen) atoms. The van der Waals surface area contributed by atoms with Crippen LogP contribution in [0.15, 0.2) is 5.18 Å². The first-order chi connectivity index (χ1) is 6.22. The lowest BCUT2D eigenvalue weighted by Crippen LogP contribution is -2.43. The molecule has 0 aromatic heterocycles. The van der Waals surface area contributed by atoms with E-state index in [1.807, 2.05) is 0 Å². The minimum absolute atomic E-state index is 0.355. The first-order valence-electron chi connectivity index (χ1n) is 4.19. The van der Waals surface area contributed by atoms with Crippen LogP contribution in [0.5, 0.6) is 0 Å².